The van der Waals surface area contributed by atoms with Crippen LogP contribution in [-0.2, 0) is 16.4 Å². The first-order valence-electron chi connectivity index (χ1n) is 9.84. The van der Waals surface area contributed by atoms with Crippen LogP contribution in [0.25, 0.3) is 11.3 Å². The van der Waals surface area contributed by atoms with Crippen molar-refractivity contribution in [3.05, 3.63) is 81.5 Å². The summed E-state index contributed by atoms with van der Waals surface area (Å²) in [6, 6.07) is 15.5. The number of amides is 1. The Labute approximate surface area is 191 Å². The second kappa shape index (κ2) is 8.69. The van der Waals surface area contributed by atoms with Gasteiger partial charge in [0.05, 0.1) is 23.1 Å². The summed E-state index contributed by atoms with van der Waals surface area (Å²) >= 11 is 12.4. The summed E-state index contributed by atoms with van der Waals surface area (Å²) in [5, 5.41) is 1.03. The second-order valence-corrected chi connectivity index (χ2v) is 10.8. The minimum atomic E-state index is -3.16. The number of rotatable bonds is 5. The van der Waals surface area contributed by atoms with Crippen molar-refractivity contribution >= 4 is 38.9 Å². The van der Waals surface area contributed by atoms with Gasteiger partial charge in [-0.2, -0.15) is 0 Å². The molecule has 0 spiro atoms. The first-order chi connectivity index (χ1) is 14.7. The molecule has 3 aromatic rings. The molecule has 0 saturated carbocycles. The number of hydrogen-bond donors (Lipinski definition) is 0. The normalized spacial score (nSPS) is 17.6. The van der Waals surface area contributed by atoms with Gasteiger partial charge in [-0.05, 0) is 55.8 Å². The molecule has 31 heavy (non-hydrogen) atoms. The summed E-state index contributed by atoms with van der Waals surface area (Å²) in [4.78, 5) is 14.9. The lowest BCUT2D eigenvalue weighted by Gasteiger charge is -2.27. The number of sulfone groups is 1. The molecule has 1 unspecified atom stereocenters. The van der Waals surface area contributed by atoms with Crippen LogP contribution in [0.2, 0.25) is 10.0 Å². The van der Waals surface area contributed by atoms with Crippen molar-refractivity contribution in [2.24, 2.45) is 0 Å². The Kier molecular flexibility index (Phi) is 6.15. The van der Waals surface area contributed by atoms with Gasteiger partial charge in [0.25, 0.3) is 5.91 Å². The number of carbonyl (C=O) groups excluding carboxylic acids is 1. The molecule has 1 amide bonds. The van der Waals surface area contributed by atoms with Crippen molar-refractivity contribution in [2.75, 3.05) is 11.5 Å². The Morgan fingerprint density at radius 1 is 1.13 bits per heavy atom. The van der Waals surface area contributed by atoms with Crippen molar-refractivity contribution in [2.45, 2.75) is 25.9 Å². The topological polar surface area (TPSA) is 67.6 Å². The zero-order valence-electron chi connectivity index (χ0n) is 16.8. The molecule has 8 heteroatoms. The van der Waals surface area contributed by atoms with Crippen molar-refractivity contribution < 1.29 is 17.6 Å². The van der Waals surface area contributed by atoms with Crippen molar-refractivity contribution in [3.8, 4) is 11.3 Å². The van der Waals surface area contributed by atoms with E-state index >= 15 is 0 Å². The molecule has 2 aromatic carbocycles. The fourth-order valence-corrected chi connectivity index (χ4v) is 5.91. The Morgan fingerprint density at radius 3 is 2.65 bits per heavy atom. The average molecular weight is 478 g/mol. The molecular weight excluding hydrogens is 457 g/mol. The summed E-state index contributed by atoms with van der Waals surface area (Å²) in [6.45, 7) is 2.07. The van der Waals surface area contributed by atoms with Crippen LogP contribution in [-0.4, -0.2) is 36.8 Å². The SMILES string of the molecule is Cc1cccc(C(=O)N(Cc2ccc(-c3cc(Cl)ccc3Cl)o2)C2CCS(=O)(=O)C2)c1. The van der Waals surface area contributed by atoms with E-state index in [2.05, 4.69) is 0 Å². The molecule has 162 valence electrons. The lowest BCUT2D eigenvalue weighted by Crippen LogP contribution is -2.40. The number of furan rings is 1. The van der Waals surface area contributed by atoms with Crippen LogP contribution >= 0.6 is 23.2 Å². The van der Waals surface area contributed by atoms with Gasteiger partial charge >= 0.3 is 0 Å². The molecule has 1 aliphatic rings. The largest absolute Gasteiger partial charge is 0.459 e. The van der Waals surface area contributed by atoms with E-state index in [1.807, 2.05) is 19.1 Å². The first-order valence-corrected chi connectivity index (χ1v) is 12.4. The van der Waals surface area contributed by atoms with Gasteiger partial charge in [0, 0.05) is 22.2 Å². The van der Waals surface area contributed by atoms with Gasteiger partial charge in [0.1, 0.15) is 11.5 Å². The molecule has 0 aliphatic carbocycles. The van der Waals surface area contributed by atoms with E-state index in [0.717, 1.165) is 5.56 Å². The molecule has 1 fully saturated rings. The van der Waals surface area contributed by atoms with Gasteiger partial charge in [-0.25, -0.2) is 8.42 Å². The molecule has 0 bridgehead atoms. The van der Waals surface area contributed by atoms with Crippen molar-refractivity contribution in [1.29, 1.82) is 0 Å². The van der Waals surface area contributed by atoms with Crippen LogP contribution < -0.4 is 0 Å². The number of halogens is 2. The standard InChI is InChI=1S/C23H21Cl2NO4S/c1-15-3-2-4-16(11-15)23(27)26(18-9-10-31(28,29)14-18)13-19-6-8-22(30-19)20-12-17(24)5-7-21(20)25/h2-8,11-12,18H,9-10,13-14H2,1H3. The molecule has 2 heterocycles. The molecule has 4 rings (SSSR count). The highest BCUT2D eigenvalue weighted by atomic mass is 35.5. The third-order valence-electron chi connectivity index (χ3n) is 5.36. The number of hydrogen-bond acceptors (Lipinski definition) is 4. The Hall–Kier alpha value is -2.28. The third kappa shape index (κ3) is 4.97. The average Bonchev–Trinajstić information content (AvgIpc) is 3.33. The lowest BCUT2D eigenvalue weighted by molar-refractivity contribution is 0.0666. The second-order valence-electron chi connectivity index (χ2n) is 7.75. The van der Waals surface area contributed by atoms with E-state index in [0.29, 0.717) is 39.1 Å². The van der Waals surface area contributed by atoms with Crippen LogP contribution in [0.1, 0.15) is 28.1 Å². The Balaban J connectivity index is 1.64. The van der Waals surface area contributed by atoms with E-state index < -0.39 is 15.9 Å². The quantitative estimate of drug-likeness (QED) is 0.493. The smallest absolute Gasteiger partial charge is 0.254 e. The third-order valence-corrected chi connectivity index (χ3v) is 7.67. The minimum Gasteiger partial charge on any atom is -0.459 e. The molecule has 1 aromatic heterocycles. The van der Waals surface area contributed by atoms with Crippen molar-refractivity contribution in [3.63, 3.8) is 0 Å². The molecule has 0 radical (unpaired) electrons. The number of aryl methyl sites for hydroxylation is 1. The summed E-state index contributed by atoms with van der Waals surface area (Å²) in [5.74, 6) is 0.889. The predicted octanol–water partition coefficient (Wildman–Crippen LogP) is 5.39. The summed E-state index contributed by atoms with van der Waals surface area (Å²) in [7, 11) is -3.16. The van der Waals surface area contributed by atoms with Gasteiger partial charge in [0.15, 0.2) is 9.84 Å². The monoisotopic (exact) mass is 477 g/mol. The van der Waals surface area contributed by atoms with E-state index in [1.165, 1.54) is 0 Å². The number of benzene rings is 2. The van der Waals surface area contributed by atoms with E-state index in [9.17, 15) is 13.2 Å². The molecule has 5 nitrogen and oxygen atoms in total. The summed E-state index contributed by atoms with van der Waals surface area (Å²) < 4.78 is 30.1. The maximum atomic E-state index is 13.3. The highest BCUT2D eigenvalue weighted by Gasteiger charge is 2.35. The Bertz CT molecular complexity index is 1240. The van der Waals surface area contributed by atoms with Gasteiger partial charge in [-0.3, -0.25) is 4.79 Å². The zero-order valence-corrected chi connectivity index (χ0v) is 19.2. The molecule has 1 saturated heterocycles. The van der Waals surface area contributed by atoms with Crippen LogP contribution in [0.15, 0.2) is 59.0 Å². The van der Waals surface area contributed by atoms with Gasteiger partial charge in [0.2, 0.25) is 0 Å². The van der Waals surface area contributed by atoms with E-state index in [4.69, 9.17) is 27.6 Å². The fourth-order valence-electron chi connectivity index (χ4n) is 3.79. The Morgan fingerprint density at radius 2 is 1.94 bits per heavy atom. The highest BCUT2D eigenvalue weighted by molar-refractivity contribution is 7.91. The van der Waals surface area contributed by atoms with E-state index in [1.54, 1.807) is 47.4 Å². The van der Waals surface area contributed by atoms with Crippen molar-refractivity contribution in [1.82, 2.24) is 4.90 Å². The summed E-state index contributed by atoms with van der Waals surface area (Å²) in [5.41, 5.74) is 2.13. The van der Waals surface area contributed by atoms with E-state index in [-0.39, 0.29) is 24.0 Å². The number of nitrogens with zero attached hydrogens (tertiary/aromatic N) is 1. The highest BCUT2D eigenvalue weighted by Crippen LogP contribution is 2.32. The summed E-state index contributed by atoms with van der Waals surface area (Å²) in [6.07, 6.45) is 0.410. The molecule has 1 aliphatic heterocycles. The van der Waals surface area contributed by atoms with Gasteiger partial charge in [-0.15, -0.1) is 0 Å². The van der Waals surface area contributed by atoms with Crippen LogP contribution in [0.5, 0.6) is 0 Å². The number of carbonyl (C=O) groups is 1. The lowest BCUT2D eigenvalue weighted by atomic mass is 10.1. The molecule has 0 N–H and O–H groups in total. The maximum absolute atomic E-state index is 13.3. The van der Waals surface area contributed by atoms with Gasteiger partial charge in [-0.1, -0.05) is 40.9 Å². The molecule has 1 atom stereocenters. The first kappa shape index (κ1) is 21.9. The minimum absolute atomic E-state index is 0.0434. The predicted molar refractivity (Wildman–Crippen MR) is 122 cm³/mol. The van der Waals surface area contributed by atoms with Gasteiger partial charge < -0.3 is 9.32 Å². The maximum Gasteiger partial charge on any atom is 0.254 e. The fraction of sp³-hybridized carbons (Fsp3) is 0.261. The van der Waals surface area contributed by atoms with Crippen LogP contribution in [0, 0.1) is 6.92 Å². The van der Waals surface area contributed by atoms with Crippen LogP contribution in [0.3, 0.4) is 0 Å². The molecular formula is C23H21Cl2NO4S. The zero-order chi connectivity index (χ0) is 22.2. The van der Waals surface area contributed by atoms with Crippen LogP contribution in [0.4, 0.5) is 0 Å².